The van der Waals surface area contributed by atoms with Gasteiger partial charge < -0.3 is 33.9 Å². The molecule has 2 N–H and O–H groups in total. The van der Waals surface area contributed by atoms with Crippen molar-refractivity contribution in [3.8, 4) is 34.5 Å². The highest BCUT2D eigenvalue weighted by Gasteiger charge is 2.25. The van der Waals surface area contributed by atoms with Gasteiger partial charge in [0, 0.05) is 23.3 Å². The first-order valence-electron chi connectivity index (χ1n) is 8.39. The number of phenols is 1. The zero-order valence-corrected chi connectivity index (χ0v) is 16.4. The Hall–Kier alpha value is -3.13. The Bertz CT molecular complexity index is 796. The molecule has 0 bridgehead atoms. The molecule has 0 aromatic heterocycles. The summed E-state index contributed by atoms with van der Waals surface area (Å²) >= 11 is 0. The average Bonchev–Trinajstić information content (AvgIpc) is 2.72. The maximum Gasteiger partial charge on any atom is 0.205 e. The van der Waals surface area contributed by atoms with Crippen LogP contribution in [0.2, 0.25) is 0 Å². The van der Waals surface area contributed by atoms with E-state index in [1.165, 1.54) is 40.6 Å². The molecule has 0 spiro atoms. The SMILES string of the molecule is COc1cc(OC(CO)C(=O)c2cc(OC)c(O)c(OC)c2)cc(OC)c1C. The Morgan fingerprint density at radius 1 is 0.893 bits per heavy atom. The Morgan fingerprint density at radius 2 is 1.36 bits per heavy atom. The molecule has 8 nitrogen and oxygen atoms in total. The Labute approximate surface area is 163 Å². The molecule has 1 atom stereocenters. The van der Waals surface area contributed by atoms with E-state index in [1.807, 2.05) is 6.92 Å². The van der Waals surface area contributed by atoms with Crippen LogP contribution in [0, 0.1) is 6.92 Å². The van der Waals surface area contributed by atoms with Gasteiger partial charge in [-0.2, -0.15) is 0 Å². The van der Waals surface area contributed by atoms with E-state index in [2.05, 4.69) is 0 Å². The van der Waals surface area contributed by atoms with Crippen molar-refractivity contribution in [1.29, 1.82) is 0 Å². The number of methoxy groups -OCH3 is 4. The van der Waals surface area contributed by atoms with Gasteiger partial charge in [0.15, 0.2) is 17.6 Å². The number of hydrogen-bond donors (Lipinski definition) is 2. The standard InChI is InChI=1S/C20H24O8/c1-11-14(24-2)8-13(9-15(11)25-3)28-18(10-21)19(22)12-6-16(26-4)20(23)17(7-12)27-5/h6-9,18,21,23H,10H2,1-5H3. The van der Waals surface area contributed by atoms with Crippen LogP contribution < -0.4 is 23.7 Å². The van der Waals surface area contributed by atoms with Gasteiger partial charge in [-0.05, 0) is 19.1 Å². The number of carbonyl (C=O) groups excluding carboxylic acids is 1. The topological polar surface area (TPSA) is 104 Å². The summed E-state index contributed by atoms with van der Waals surface area (Å²) < 4.78 is 26.4. The molecule has 0 saturated carbocycles. The van der Waals surface area contributed by atoms with Gasteiger partial charge in [0.25, 0.3) is 0 Å². The second-order valence-electron chi connectivity index (χ2n) is 5.84. The van der Waals surface area contributed by atoms with E-state index in [-0.39, 0.29) is 22.8 Å². The number of benzene rings is 2. The van der Waals surface area contributed by atoms with Crippen LogP contribution in [0.4, 0.5) is 0 Å². The molecule has 0 saturated heterocycles. The van der Waals surface area contributed by atoms with Gasteiger partial charge in [-0.3, -0.25) is 4.79 Å². The van der Waals surface area contributed by atoms with Crippen molar-refractivity contribution in [2.24, 2.45) is 0 Å². The summed E-state index contributed by atoms with van der Waals surface area (Å²) in [4.78, 5) is 12.9. The molecule has 0 aliphatic rings. The maximum absolute atomic E-state index is 12.9. The number of carbonyl (C=O) groups is 1. The highest BCUT2D eigenvalue weighted by molar-refractivity contribution is 6.01. The Morgan fingerprint density at radius 3 is 1.75 bits per heavy atom. The maximum atomic E-state index is 12.9. The molecule has 152 valence electrons. The van der Waals surface area contributed by atoms with Gasteiger partial charge in [0.05, 0.1) is 35.0 Å². The molecular formula is C20H24O8. The van der Waals surface area contributed by atoms with Crippen molar-refractivity contribution in [3.63, 3.8) is 0 Å². The number of hydrogen-bond acceptors (Lipinski definition) is 8. The fourth-order valence-electron chi connectivity index (χ4n) is 2.69. The van der Waals surface area contributed by atoms with Crippen LogP contribution in [-0.4, -0.2) is 57.1 Å². The first kappa shape index (κ1) is 21.2. The van der Waals surface area contributed by atoms with Crippen molar-refractivity contribution < 1.29 is 38.7 Å². The van der Waals surface area contributed by atoms with Crippen molar-refractivity contribution in [1.82, 2.24) is 0 Å². The molecule has 28 heavy (non-hydrogen) atoms. The summed E-state index contributed by atoms with van der Waals surface area (Å²) in [7, 11) is 5.73. The molecule has 0 aliphatic heterocycles. The van der Waals surface area contributed by atoms with Gasteiger partial charge in [-0.25, -0.2) is 0 Å². The van der Waals surface area contributed by atoms with Gasteiger partial charge in [0.2, 0.25) is 11.5 Å². The molecule has 2 aromatic carbocycles. The number of ketones is 1. The number of phenolic OH excluding ortho intramolecular Hbond substituents is 1. The van der Waals surface area contributed by atoms with Crippen LogP contribution in [0.5, 0.6) is 34.5 Å². The molecule has 1 unspecified atom stereocenters. The summed E-state index contributed by atoms with van der Waals surface area (Å²) in [6, 6.07) is 5.91. The smallest absolute Gasteiger partial charge is 0.205 e. The van der Waals surface area contributed by atoms with E-state index in [4.69, 9.17) is 23.7 Å². The Kier molecular flexibility index (Phi) is 6.94. The number of aliphatic hydroxyl groups excluding tert-OH is 1. The molecule has 0 heterocycles. The molecule has 2 rings (SSSR count). The predicted octanol–water partition coefficient (Wildman–Crippen LogP) is 2.36. The van der Waals surface area contributed by atoms with Gasteiger partial charge >= 0.3 is 0 Å². The third-order valence-corrected chi connectivity index (χ3v) is 4.23. The van der Waals surface area contributed by atoms with Crippen LogP contribution in [0.15, 0.2) is 24.3 Å². The lowest BCUT2D eigenvalue weighted by Crippen LogP contribution is -2.31. The van der Waals surface area contributed by atoms with Crippen LogP contribution in [0.1, 0.15) is 15.9 Å². The molecule has 0 amide bonds. The van der Waals surface area contributed by atoms with Crippen molar-refractivity contribution in [2.45, 2.75) is 13.0 Å². The minimum absolute atomic E-state index is 0.0677. The molecule has 0 radical (unpaired) electrons. The summed E-state index contributed by atoms with van der Waals surface area (Å²) in [6.07, 6.45) is -1.20. The third kappa shape index (κ3) is 4.23. The van der Waals surface area contributed by atoms with Gasteiger partial charge in [-0.15, -0.1) is 0 Å². The van der Waals surface area contributed by atoms with Crippen LogP contribution >= 0.6 is 0 Å². The van der Waals surface area contributed by atoms with Crippen molar-refractivity contribution in [2.75, 3.05) is 35.0 Å². The van der Waals surface area contributed by atoms with Crippen LogP contribution in [0.3, 0.4) is 0 Å². The molecule has 2 aromatic rings. The van der Waals surface area contributed by atoms with Gasteiger partial charge in [0.1, 0.15) is 17.2 Å². The lowest BCUT2D eigenvalue weighted by Gasteiger charge is -2.19. The van der Waals surface area contributed by atoms with E-state index in [1.54, 1.807) is 12.1 Å². The van der Waals surface area contributed by atoms with Crippen molar-refractivity contribution in [3.05, 3.63) is 35.4 Å². The van der Waals surface area contributed by atoms with Gasteiger partial charge in [-0.1, -0.05) is 0 Å². The normalized spacial score (nSPS) is 11.5. The van der Waals surface area contributed by atoms with E-state index < -0.39 is 18.5 Å². The number of aliphatic hydroxyl groups is 1. The summed E-state index contributed by atoms with van der Waals surface area (Å²) in [5, 5.41) is 19.7. The lowest BCUT2D eigenvalue weighted by atomic mass is 10.0. The van der Waals surface area contributed by atoms with E-state index in [0.717, 1.165) is 5.56 Å². The second kappa shape index (κ2) is 9.18. The molecular weight excluding hydrogens is 368 g/mol. The number of Topliss-reactive ketones (excluding diaryl/α,β-unsaturated/α-hetero) is 1. The molecule has 8 heteroatoms. The van der Waals surface area contributed by atoms with Crippen molar-refractivity contribution >= 4 is 5.78 Å². The third-order valence-electron chi connectivity index (χ3n) is 4.23. The number of rotatable bonds is 9. The minimum Gasteiger partial charge on any atom is -0.502 e. The highest BCUT2D eigenvalue weighted by Crippen LogP contribution is 2.38. The number of aromatic hydroxyl groups is 1. The average molecular weight is 392 g/mol. The van der Waals surface area contributed by atoms with E-state index in [0.29, 0.717) is 17.2 Å². The summed E-state index contributed by atoms with van der Waals surface area (Å²) in [6.45, 7) is 1.26. The fourth-order valence-corrected chi connectivity index (χ4v) is 2.69. The Balaban J connectivity index is 2.37. The largest absolute Gasteiger partial charge is 0.502 e. The highest BCUT2D eigenvalue weighted by atomic mass is 16.5. The monoisotopic (exact) mass is 392 g/mol. The summed E-state index contributed by atoms with van der Waals surface area (Å²) in [5.74, 6) is 0.729. The lowest BCUT2D eigenvalue weighted by molar-refractivity contribution is 0.0657. The fraction of sp³-hybridized carbons (Fsp3) is 0.350. The quantitative estimate of drug-likeness (QED) is 0.627. The number of ether oxygens (including phenoxy) is 5. The second-order valence-corrected chi connectivity index (χ2v) is 5.84. The van der Waals surface area contributed by atoms with Crippen LogP contribution in [-0.2, 0) is 0 Å². The predicted molar refractivity (Wildman–Crippen MR) is 101 cm³/mol. The zero-order chi connectivity index (χ0) is 20.8. The minimum atomic E-state index is -1.20. The van der Waals surface area contributed by atoms with E-state index >= 15 is 0 Å². The molecule has 0 aliphatic carbocycles. The zero-order valence-electron chi connectivity index (χ0n) is 16.4. The van der Waals surface area contributed by atoms with Crippen LogP contribution in [0.25, 0.3) is 0 Å². The van der Waals surface area contributed by atoms with E-state index in [9.17, 15) is 15.0 Å². The first-order chi connectivity index (χ1) is 13.4. The summed E-state index contributed by atoms with van der Waals surface area (Å²) in [5.41, 5.74) is 0.925. The first-order valence-corrected chi connectivity index (χ1v) is 8.39. The molecule has 0 fully saturated rings.